The highest BCUT2D eigenvalue weighted by Gasteiger charge is 2.15. The van der Waals surface area contributed by atoms with Gasteiger partial charge >= 0.3 is 0 Å². The zero-order valence-corrected chi connectivity index (χ0v) is 12.5. The third-order valence-electron chi connectivity index (χ3n) is 3.08. The van der Waals surface area contributed by atoms with E-state index in [2.05, 4.69) is 4.98 Å². The summed E-state index contributed by atoms with van der Waals surface area (Å²) < 4.78 is 3.33. The highest BCUT2D eigenvalue weighted by molar-refractivity contribution is 7.20. The van der Waals surface area contributed by atoms with Gasteiger partial charge in [0.1, 0.15) is 10.2 Å². The average Bonchev–Trinajstić information content (AvgIpc) is 2.89. The second-order valence-corrected chi connectivity index (χ2v) is 6.55. The summed E-state index contributed by atoms with van der Waals surface area (Å²) in [5.74, 6) is 0.817. The van der Waals surface area contributed by atoms with Crippen molar-refractivity contribution >= 4 is 45.6 Å². The van der Waals surface area contributed by atoms with E-state index in [1.54, 1.807) is 0 Å². The summed E-state index contributed by atoms with van der Waals surface area (Å²) in [5.41, 5.74) is 9.54. The largest absolute Gasteiger partial charge is 0.327 e. The van der Waals surface area contributed by atoms with E-state index in [1.165, 1.54) is 11.3 Å². The molecule has 0 spiro atoms. The Balaban J connectivity index is 2.24. The van der Waals surface area contributed by atoms with Crippen LogP contribution in [-0.2, 0) is 13.6 Å². The third-order valence-corrected chi connectivity index (χ3v) is 4.57. The molecule has 0 radical (unpaired) electrons. The topological polar surface area (TPSA) is 43.8 Å². The summed E-state index contributed by atoms with van der Waals surface area (Å²) in [4.78, 5) is 4.64. The van der Waals surface area contributed by atoms with E-state index in [0.29, 0.717) is 15.2 Å². The number of halogens is 2. The zero-order valence-electron chi connectivity index (χ0n) is 10.2. The molecule has 2 aromatic heterocycles. The number of thiophene rings is 1. The lowest BCUT2D eigenvalue weighted by atomic mass is 10.2. The maximum absolute atomic E-state index is 6.20. The van der Waals surface area contributed by atoms with Crippen LogP contribution >= 0.6 is 34.5 Å². The fourth-order valence-electron chi connectivity index (χ4n) is 2.11. The summed E-state index contributed by atoms with van der Waals surface area (Å²) in [6.07, 6.45) is 0. The van der Waals surface area contributed by atoms with E-state index < -0.39 is 0 Å². The number of aryl methyl sites for hydroxylation is 1. The minimum Gasteiger partial charge on any atom is -0.327 e. The van der Waals surface area contributed by atoms with Gasteiger partial charge in [0.05, 0.1) is 15.4 Å². The van der Waals surface area contributed by atoms with Gasteiger partial charge in [-0.1, -0.05) is 29.3 Å². The van der Waals surface area contributed by atoms with Crippen molar-refractivity contribution in [3.8, 4) is 11.4 Å². The summed E-state index contributed by atoms with van der Waals surface area (Å²) in [7, 11) is 1.97. The van der Waals surface area contributed by atoms with Crippen LogP contribution in [0.2, 0.25) is 8.67 Å². The van der Waals surface area contributed by atoms with Crippen molar-refractivity contribution in [3.05, 3.63) is 38.5 Å². The molecule has 0 aliphatic carbocycles. The van der Waals surface area contributed by atoms with Gasteiger partial charge in [-0.25, -0.2) is 4.98 Å². The van der Waals surface area contributed by atoms with Crippen LogP contribution in [-0.4, -0.2) is 9.55 Å². The van der Waals surface area contributed by atoms with Gasteiger partial charge in [0.25, 0.3) is 0 Å². The lowest BCUT2D eigenvalue weighted by molar-refractivity contribution is 0.960. The predicted octanol–water partition coefficient (Wildman–Crippen LogP) is 4.07. The maximum Gasteiger partial charge on any atom is 0.143 e. The van der Waals surface area contributed by atoms with E-state index in [-0.39, 0.29) is 0 Å². The van der Waals surface area contributed by atoms with E-state index in [0.717, 1.165) is 28.0 Å². The molecule has 0 unspecified atom stereocenters. The van der Waals surface area contributed by atoms with Crippen LogP contribution < -0.4 is 5.73 Å². The van der Waals surface area contributed by atoms with Crippen LogP contribution in [0.4, 0.5) is 0 Å². The summed E-state index contributed by atoms with van der Waals surface area (Å²) in [5, 5.41) is 0. The Morgan fingerprint density at radius 3 is 2.74 bits per heavy atom. The minimum absolute atomic E-state index is 0.507. The molecule has 0 saturated carbocycles. The average molecular weight is 312 g/mol. The van der Waals surface area contributed by atoms with E-state index in [1.807, 2.05) is 35.9 Å². The Bertz CT molecular complexity index is 761. The Morgan fingerprint density at radius 2 is 2.11 bits per heavy atom. The van der Waals surface area contributed by atoms with Gasteiger partial charge in [0.2, 0.25) is 0 Å². The van der Waals surface area contributed by atoms with E-state index in [4.69, 9.17) is 28.9 Å². The number of hydrogen-bond acceptors (Lipinski definition) is 3. The van der Waals surface area contributed by atoms with Crippen molar-refractivity contribution in [2.45, 2.75) is 6.54 Å². The fourth-order valence-corrected chi connectivity index (χ4v) is 3.56. The summed E-state index contributed by atoms with van der Waals surface area (Å²) >= 11 is 13.5. The van der Waals surface area contributed by atoms with Crippen molar-refractivity contribution < 1.29 is 0 Å². The monoisotopic (exact) mass is 311 g/mol. The Morgan fingerprint density at radius 1 is 1.32 bits per heavy atom. The van der Waals surface area contributed by atoms with Crippen LogP contribution in [0, 0.1) is 0 Å². The van der Waals surface area contributed by atoms with Crippen LogP contribution in [0.1, 0.15) is 5.56 Å². The Kier molecular flexibility index (Phi) is 3.27. The molecule has 0 atom stereocenters. The number of nitrogens with two attached hydrogens (primary N) is 1. The molecule has 0 fully saturated rings. The van der Waals surface area contributed by atoms with E-state index in [9.17, 15) is 0 Å². The van der Waals surface area contributed by atoms with Gasteiger partial charge in [-0.2, -0.15) is 0 Å². The molecule has 3 rings (SSSR count). The van der Waals surface area contributed by atoms with Crippen molar-refractivity contribution in [1.82, 2.24) is 9.55 Å². The molecule has 0 bridgehead atoms. The van der Waals surface area contributed by atoms with Crippen LogP contribution in [0.3, 0.4) is 0 Å². The first kappa shape index (κ1) is 12.9. The molecule has 19 heavy (non-hydrogen) atoms. The van der Waals surface area contributed by atoms with E-state index >= 15 is 0 Å². The lowest BCUT2D eigenvalue weighted by Gasteiger charge is -2.00. The van der Waals surface area contributed by atoms with Crippen LogP contribution in [0.25, 0.3) is 22.4 Å². The molecule has 2 N–H and O–H groups in total. The quantitative estimate of drug-likeness (QED) is 0.775. The molecular weight excluding hydrogens is 301 g/mol. The standard InChI is InChI=1S/C13H11Cl2N3S/c1-18-10-3-2-7(6-16)4-9(10)17-13(18)8-5-11(14)19-12(8)15/h2-5H,6,16H2,1H3. The molecule has 6 heteroatoms. The first-order valence-corrected chi connectivity index (χ1v) is 7.28. The second-order valence-electron chi connectivity index (χ2n) is 4.26. The molecule has 2 heterocycles. The van der Waals surface area contributed by atoms with Gasteiger partial charge in [0, 0.05) is 19.2 Å². The Labute approximate surface area is 124 Å². The maximum atomic E-state index is 6.20. The number of aromatic nitrogens is 2. The third kappa shape index (κ3) is 2.15. The number of rotatable bonds is 2. The fraction of sp³-hybridized carbons (Fsp3) is 0.154. The molecule has 3 aromatic rings. The molecular formula is C13H11Cl2N3S. The van der Waals surface area contributed by atoms with Crippen molar-refractivity contribution in [2.75, 3.05) is 0 Å². The highest BCUT2D eigenvalue weighted by Crippen LogP contribution is 2.38. The van der Waals surface area contributed by atoms with Crippen molar-refractivity contribution in [1.29, 1.82) is 0 Å². The van der Waals surface area contributed by atoms with Crippen LogP contribution in [0.15, 0.2) is 24.3 Å². The van der Waals surface area contributed by atoms with Gasteiger partial charge in [-0.05, 0) is 23.8 Å². The molecule has 0 saturated heterocycles. The smallest absolute Gasteiger partial charge is 0.143 e. The lowest BCUT2D eigenvalue weighted by Crippen LogP contribution is -1.95. The molecule has 98 valence electrons. The normalized spacial score (nSPS) is 11.4. The van der Waals surface area contributed by atoms with Crippen molar-refractivity contribution in [3.63, 3.8) is 0 Å². The molecule has 0 aliphatic rings. The molecule has 0 aliphatic heterocycles. The van der Waals surface area contributed by atoms with Gasteiger partial charge in [0.15, 0.2) is 0 Å². The molecule has 3 nitrogen and oxygen atoms in total. The molecule has 1 aromatic carbocycles. The predicted molar refractivity (Wildman–Crippen MR) is 81.9 cm³/mol. The number of fused-ring (bicyclic) bond motifs is 1. The number of hydrogen-bond donors (Lipinski definition) is 1. The SMILES string of the molecule is Cn1c(-c2cc(Cl)sc2Cl)nc2cc(CN)ccc21. The zero-order chi connectivity index (χ0) is 13.6. The Hall–Kier alpha value is -1.07. The van der Waals surface area contributed by atoms with Crippen molar-refractivity contribution in [2.24, 2.45) is 12.8 Å². The van der Waals surface area contributed by atoms with Crippen LogP contribution in [0.5, 0.6) is 0 Å². The number of benzene rings is 1. The summed E-state index contributed by atoms with van der Waals surface area (Å²) in [6, 6.07) is 7.88. The number of nitrogens with zero attached hydrogens (tertiary/aromatic N) is 2. The van der Waals surface area contributed by atoms with Gasteiger partial charge < -0.3 is 10.3 Å². The highest BCUT2D eigenvalue weighted by atomic mass is 35.5. The summed E-state index contributed by atoms with van der Waals surface area (Å²) in [6.45, 7) is 0.507. The molecule has 0 amide bonds. The van der Waals surface area contributed by atoms with Gasteiger partial charge in [-0.15, -0.1) is 11.3 Å². The minimum atomic E-state index is 0.507. The first-order chi connectivity index (χ1) is 9.10. The number of imidazole rings is 1. The first-order valence-electron chi connectivity index (χ1n) is 5.71. The second kappa shape index (κ2) is 4.80. The van der Waals surface area contributed by atoms with Gasteiger partial charge in [-0.3, -0.25) is 0 Å².